The number of likely N-dealkylation sites (tertiary alicyclic amines) is 1. The monoisotopic (exact) mass is 266 g/mol. The minimum atomic E-state index is 0.0820. The number of amides is 1. The van der Waals surface area contributed by atoms with Crippen LogP contribution < -0.4 is 0 Å². The Bertz CT molecular complexity index is 365. The van der Waals surface area contributed by atoms with Crippen LogP contribution in [0.2, 0.25) is 0 Å². The van der Waals surface area contributed by atoms with Gasteiger partial charge in [-0.05, 0) is 45.4 Å². The Kier molecular flexibility index (Phi) is 3.13. The van der Waals surface area contributed by atoms with E-state index >= 15 is 0 Å². The first kappa shape index (κ1) is 13.4. The fourth-order valence-corrected chi connectivity index (χ4v) is 3.52. The van der Waals surface area contributed by atoms with Gasteiger partial charge in [-0.25, -0.2) is 0 Å². The molecule has 1 saturated carbocycles. The summed E-state index contributed by atoms with van der Waals surface area (Å²) in [5, 5.41) is 0. The minimum absolute atomic E-state index is 0.0820. The number of hydrogen-bond donors (Lipinski definition) is 0. The predicted molar refractivity (Wildman–Crippen MR) is 73.9 cm³/mol. The lowest BCUT2D eigenvalue weighted by Gasteiger charge is -2.39. The average Bonchev–Trinajstić information content (AvgIpc) is 2.99. The van der Waals surface area contributed by atoms with Crippen LogP contribution in [0.25, 0.3) is 0 Å². The summed E-state index contributed by atoms with van der Waals surface area (Å²) in [5.74, 6) is 0.335. The molecule has 0 radical (unpaired) electrons. The Labute approximate surface area is 116 Å². The molecule has 3 aliphatic rings. The fourth-order valence-electron chi connectivity index (χ4n) is 3.52. The van der Waals surface area contributed by atoms with E-state index in [0.29, 0.717) is 24.5 Å². The quantitative estimate of drug-likeness (QED) is 0.721. The molecular weight excluding hydrogens is 240 g/mol. The van der Waals surface area contributed by atoms with Gasteiger partial charge in [0.1, 0.15) is 0 Å². The van der Waals surface area contributed by atoms with Crippen molar-refractivity contribution in [3.8, 4) is 0 Å². The molecule has 3 fully saturated rings. The summed E-state index contributed by atoms with van der Waals surface area (Å²) in [6.45, 7) is 10.7. The van der Waals surface area contributed by atoms with Gasteiger partial charge in [-0.1, -0.05) is 0 Å². The van der Waals surface area contributed by atoms with E-state index in [1.165, 1.54) is 12.8 Å². The summed E-state index contributed by atoms with van der Waals surface area (Å²) in [6.07, 6.45) is 3.69. The van der Waals surface area contributed by atoms with Crippen molar-refractivity contribution in [1.82, 2.24) is 9.80 Å². The molecule has 0 unspecified atom stereocenters. The number of morpholine rings is 1. The number of carbonyl (C=O) groups excluding carboxylic acids is 1. The Morgan fingerprint density at radius 1 is 1.21 bits per heavy atom. The van der Waals surface area contributed by atoms with Gasteiger partial charge in [0.15, 0.2) is 0 Å². The first-order valence-corrected chi connectivity index (χ1v) is 7.55. The molecule has 0 aromatic heterocycles. The third kappa shape index (κ3) is 2.52. The second-order valence-electron chi connectivity index (χ2n) is 7.46. The van der Waals surface area contributed by atoms with Crippen LogP contribution in [-0.4, -0.2) is 60.1 Å². The molecule has 0 aromatic rings. The fraction of sp³-hybridized carbons (Fsp3) is 0.933. The van der Waals surface area contributed by atoms with Crippen molar-refractivity contribution in [2.75, 3.05) is 32.8 Å². The molecule has 1 spiro atoms. The third-order valence-electron chi connectivity index (χ3n) is 4.93. The van der Waals surface area contributed by atoms with E-state index in [2.05, 4.69) is 25.7 Å². The second-order valence-corrected chi connectivity index (χ2v) is 7.46. The molecule has 1 atom stereocenters. The van der Waals surface area contributed by atoms with E-state index in [0.717, 1.165) is 26.1 Å². The van der Waals surface area contributed by atoms with Gasteiger partial charge < -0.3 is 9.64 Å². The van der Waals surface area contributed by atoms with E-state index < -0.39 is 0 Å². The zero-order chi connectivity index (χ0) is 13.7. The maximum Gasteiger partial charge on any atom is 0.240 e. The van der Waals surface area contributed by atoms with Crippen LogP contribution >= 0.6 is 0 Å². The average molecular weight is 266 g/mol. The van der Waals surface area contributed by atoms with Gasteiger partial charge >= 0.3 is 0 Å². The van der Waals surface area contributed by atoms with Crippen molar-refractivity contribution >= 4 is 5.91 Å². The Morgan fingerprint density at radius 2 is 1.84 bits per heavy atom. The smallest absolute Gasteiger partial charge is 0.240 e. The van der Waals surface area contributed by atoms with Crippen molar-refractivity contribution in [2.45, 2.75) is 51.6 Å². The van der Waals surface area contributed by atoms with Crippen molar-refractivity contribution in [1.29, 1.82) is 0 Å². The zero-order valence-corrected chi connectivity index (χ0v) is 12.4. The Balaban J connectivity index is 1.75. The van der Waals surface area contributed by atoms with Gasteiger partial charge in [0.25, 0.3) is 0 Å². The standard InChI is InChI=1S/C15H26N2O2/c1-14(2,3)17-11-15(4-5-15)10-12(17)13(18)16-6-8-19-9-7-16/h12H,4-11H2,1-3H3/t12-/m0/s1. The zero-order valence-electron chi connectivity index (χ0n) is 12.4. The summed E-state index contributed by atoms with van der Waals surface area (Å²) in [5.41, 5.74) is 0.554. The molecule has 2 aliphatic heterocycles. The van der Waals surface area contributed by atoms with Gasteiger partial charge in [0.05, 0.1) is 19.3 Å². The number of ether oxygens (including phenoxy) is 1. The largest absolute Gasteiger partial charge is 0.378 e. The molecule has 4 nitrogen and oxygen atoms in total. The molecule has 19 heavy (non-hydrogen) atoms. The first-order valence-electron chi connectivity index (χ1n) is 7.55. The van der Waals surface area contributed by atoms with Crippen molar-refractivity contribution in [3.05, 3.63) is 0 Å². The molecule has 1 amide bonds. The summed E-state index contributed by atoms with van der Waals surface area (Å²) < 4.78 is 5.35. The lowest BCUT2D eigenvalue weighted by atomic mass is 10.0. The van der Waals surface area contributed by atoms with E-state index in [1.807, 2.05) is 4.90 Å². The number of carbonyl (C=O) groups is 1. The minimum Gasteiger partial charge on any atom is -0.378 e. The Hall–Kier alpha value is -0.610. The highest BCUT2D eigenvalue weighted by Crippen LogP contribution is 2.56. The van der Waals surface area contributed by atoms with Gasteiger partial charge in [-0.3, -0.25) is 9.69 Å². The molecule has 1 aliphatic carbocycles. The second kappa shape index (κ2) is 4.45. The first-order chi connectivity index (χ1) is 8.91. The summed E-state index contributed by atoms with van der Waals surface area (Å²) in [4.78, 5) is 17.3. The molecule has 2 saturated heterocycles. The molecular formula is C15H26N2O2. The summed E-state index contributed by atoms with van der Waals surface area (Å²) >= 11 is 0. The molecule has 0 aromatic carbocycles. The van der Waals surface area contributed by atoms with E-state index in [1.54, 1.807) is 0 Å². The van der Waals surface area contributed by atoms with Crippen molar-refractivity contribution < 1.29 is 9.53 Å². The van der Waals surface area contributed by atoms with Crippen LogP contribution in [0, 0.1) is 5.41 Å². The van der Waals surface area contributed by atoms with Crippen LogP contribution in [-0.2, 0) is 9.53 Å². The van der Waals surface area contributed by atoms with Crippen molar-refractivity contribution in [3.63, 3.8) is 0 Å². The summed E-state index contributed by atoms with van der Waals surface area (Å²) in [6, 6.07) is 0.0978. The van der Waals surface area contributed by atoms with E-state index in [-0.39, 0.29) is 11.6 Å². The molecule has 0 N–H and O–H groups in total. The van der Waals surface area contributed by atoms with E-state index in [9.17, 15) is 4.79 Å². The van der Waals surface area contributed by atoms with Gasteiger partial charge in [-0.2, -0.15) is 0 Å². The van der Waals surface area contributed by atoms with Crippen LogP contribution in [0.15, 0.2) is 0 Å². The highest BCUT2D eigenvalue weighted by molar-refractivity contribution is 5.82. The normalized spacial score (nSPS) is 30.9. The lowest BCUT2D eigenvalue weighted by Crippen LogP contribution is -2.54. The highest BCUT2D eigenvalue weighted by Gasteiger charge is 2.56. The number of rotatable bonds is 1. The third-order valence-corrected chi connectivity index (χ3v) is 4.93. The maximum absolute atomic E-state index is 12.8. The lowest BCUT2D eigenvalue weighted by molar-refractivity contribution is -0.141. The van der Waals surface area contributed by atoms with Crippen LogP contribution in [0.3, 0.4) is 0 Å². The highest BCUT2D eigenvalue weighted by atomic mass is 16.5. The van der Waals surface area contributed by atoms with E-state index in [4.69, 9.17) is 4.74 Å². The van der Waals surface area contributed by atoms with Gasteiger partial charge in [-0.15, -0.1) is 0 Å². The Morgan fingerprint density at radius 3 is 2.37 bits per heavy atom. The molecule has 4 heteroatoms. The molecule has 2 heterocycles. The van der Waals surface area contributed by atoms with Crippen LogP contribution in [0.1, 0.15) is 40.0 Å². The summed E-state index contributed by atoms with van der Waals surface area (Å²) in [7, 11) is 0. The van der Waals surface area contributed by atoms with Crippen LogP contribution in [0.4, 0.5) is 0 Å². The molecule has 0 bridgehead atoms. The predicted octanol–water partition coefficient (Wildman–Crippen LogP) is 1.50. The molecule has 108 valence electrons. The number of hydrogen-bond acceptors (Lipinski definition) is 3. The maximum atomic E-state index is 12.8. The SMILES string of the molecule is CC(C)(C)N1CC2(CC2)C[C@H]1C(=O)N1CCOCC1. The molecule has 3 rings (SSSR count). The van der Waals surface area contributed by atoms with Crippen molar-refractivity contribution in [2.24, 2.45) is 5.41 Å². The van der Waals surface area contributed by atoms with Crippen LogP contribution in [0.5, 0.6) is 0 Å². The van der Waals surface area contributed by atoms with Gasteiger partial charge in [0.2, 0.25) is 5.91 Å². The number of nitrogens with zero attached hydrogens (tertiary/aromatic N) is 2. The topological polar surface area (TPSA) is 32.8 Å². The van der Waals surface area contributed by atoms with Gasteiger partial charge in [0, 0.05) is 25.2 Å².